The average Bonchev–Trinajstić information content (AvgIpc) is 3.50. The molecule has 1 aromatic heterocycles. The van der Waals surface area contributed by atoms with Crippen molar-refractivity contribution >= 4 is 28.5 Å². The summed E-state index contributed by atoms with van der Waals surface area (Å²) in [6.07, 6.45) is 0. The molecule has 1 heterocycles. The van der Waals surface area contributed by atoms with Gasteiger partial charge in [-0.2, -0.15) is 0 Å². The number of fused-ring (bicyclic) bond motifs is 1. The third-order valence-corrected chi connectivity index (χ3v) is 7.49. The van der Waals surface area contributed by atoms with Crippen LogP contribution in [0.1, 0.15) is 17.2 Å². The van der Waals surface area contributed by atoms with Crippen molar-refractivity contribution in [3.05, 3.63) is 96.1 Å². The molecule has 0 aliphatic rings. The van der Waals surface area contributed by atoms with Crippen molar-refractivity contribution in [2.45, 2.75) is 19.1 Å². The number of hydrogen-bond donors (Lipinski definition) is 1. The molecule has 1 N–H and O–H groups in total. The van der Waals surface area contributed by atoms with Gasteiger partial charge in [0.05, 0.1) is 46.8 Å². The number of methoxy groups -OCH3 is 5. The van der Waals surface area contributed by atoms with Gasteiger partial charge in [-0.15, -0.1) is 5.10 Å². The third kappa shape index (κ3) is 6.80. The van der Waals surface area contributed by atoms with E-state index in [0.717, 1.165) is 5.56 Å². The Morgan fingerprint density at radius 2 is 1.46 bits per heavy atom. The maximum absolute atomic E-state index is 14.4. The molecule has 0 aliphatic heterocycles. The SMILES string of the molecule is COc1ccc(CN(C(=O)Cn2nnc3ccccc32)C(C(=O)Nc2ccc(OC)cc2OC)c2ccc(OC)c(OC)c2)cc1. The highest BCUT2D eigenvalue weighted by Crippen LogP contribution is 2.35. The zero-order valence-corrected chi connectivity index (χ0v) is 26.2. The first-order chi connectivity index (χ1) is 22.4. The van der Waals surface area contributed by atoms with E-state index in [1.807, 2.05) is 36.4 Å². The van der Waals surface area contributed by atoms with E-state index in [9.17, 15) is 9.59 Å². The third-order valence-electron chi connectivity index (χ3n) is 7.49. The van der Waals surface area contributed by atoms with Crippen LogP contribution in [0.5, 0.6) is 28.7 Å². The van der Waals surface area contributed by atoms with Crippen molar-refractivity contribution in [3.8, 4) is 28.7 Å². The number of ether oxygens (including phenoxy) is 5. The zero-order chi connectivity index (χ0) is 32.6. The number of benzene rings is 4. The monoisotopic (exact) mass is 625 g/mol. The molecule has 12 nitrogen and oxygen atoms in total. The number of hydrogen-bond acceptors (Lipinski definition) is 9. The highest BCUT2D eigenvalue weighted by molar-refractivity contribution is 5.99. The lowest BCUT2D eigenvalue weighted by atomic mass is 10.0. The quantitative estimate of drug-likeness (QED) is 0.195. The Bertz CT molecular complexity index is 1820. The van der Waals surface area contributed by atoms with Gasteiger partial charge in [-0.05, 0) is 59.7 Å². The minimum Gasteiger partial charge on any atom is -0.497 e. The summed E-state index contributed by atoms with van der Waals surface area (Å²) in [4.78, 5) is 30.3. The molecule has 1 atom stereocenters. The molecule has 0 radical (unpaired) electrons. The normalized spacial score (nSPS) is 11.4. The first-order valence-electron chi connectivity index (χ1n) is 14.3. The van der Waals surface area contributed by atoms with E-state index < -0.39 is 11.9 Å². The molecule has 4 aromatic carbocycles. The lowest BCUT2D eigenvalue weighted by Gasteiger charge is -2.32. The van der Waals surface area contributed by atoms with Gasteiger partial charge < -0.3 is 33.9 Å². The largest absolute Gasteiger partial charge is 0.497 e. The lowest BCUT2D eigenvalue weighted by molar-refractivity contribution is -0.140. The van der Waals surface area contributed by atoms with Gasteiger partial charge in [0.25, 0.3) is 5.91 Å². The van der Waals surface area contributed by atoms with Crippen LogP contribution in [0.25, 0.3) is 11.0 Å². The summed E-state index contributed by atoms with van der Waals surface area (Å²) in [7, 11) is 7.66. The summed E-state index contributed by atoms with van der Waals surface area (Å²) in [5, 5.41) is 11.4. The van der Waals surface area contributed by atoms with E-state index in [-0.39, 0.29) is 19.0 Å². The number of carbonyl (C=O) groups is 2. The lowest BCUT2D eigenvalue weighted by Crippen LogP contribution is -2.42. The smallest absolute Gasteiger partial charge is 0.251 e. The fourth-order valence-electron chi connectivity index (χ4n) is 5.10. The van der Waals surface area contributed by atoms with Gasteiger partial charge in [0.15, 0.2) is 11.5 Å². The predicted octanol–water partition coefficient (Wildman–Crippen LogP) is 4.88. The fraction of sp³-hybridized carbons (Fsp3) is 0.235. The van der Waals surface area contributed by atoms with Crippen LogP contribution in [0.15, 0.2) is 84.9 Å². The summed E-state index contributed by atoms with van der Waals surface area (Å²) in [5.74, 6) is 1.63. The highest BCUT2D eigenvalue weighted by atomic mass is 16.5. The van der Waals surface area contributed by atoms with Gasteiger partial charge in [0.1, 0.15) is 35.4 Å². The molecule has 0 fully saturated rings. The maximum atomic E-state index is 14.4. The van der Waals surface area contributed by atoms with Gasteiger partial charge in [-0.25, -0.2) is 4.68 Å². The van der Waals surface area contributed by atoms with Crippen molar-refractivity contribution in [2.75, 3.05) is 40.9 Å². The maximum Gasteiger partial charge on any atom is 0.251 e. The minimum absolute atomic E-state index is 0.0850. The molecule has 12 heteroatoms. The summed E-state index contributed by atoms with van der Waals surface area (Å²) in [6.45, 7) is -0.0821. The molecule has 0 spiro atoms. The topological polar surface area (TPSA) is 126 Å². The number of anilines is 1. The summed E-state index contributed by atoms with van der Waals surface area (Å²) < 4.78 is 28.7. The molecule has 1 unspecified atom stereocenters. The van der Waals surface area contributed by atoms with Crippen LogP contribution >= 0.6 is 0 Å². The van der Waals surface area contributed by atoms with E-state index >= 15 is 0 Å². The molecular weight excluding hydrogens is 590 g/mol. The van der Waals surface area contributed by atoms with Crippen molar-refractivity contribution < 1.29 is 33.3 Å². The van der Waals surface area contributed by atoms with Crippen LogP contribution in [0.2, 0.25) is 0 Å². The Labute approximate surface area is 266 Å². The van der Waals surface area contributed by atoms with E-state index in [0.29, 0.717) is 51.0 Å². The zero-order valence-electron chi connectivity index (χ0n) is 26.2. The van der Waals surface area contributed by atoms with Crippen molar-refractivity contribution in [3.63, 3.8) is 0 Å². The molecular formula is C34H35N5O7. The second-order valence-corrected chi connectivity index (χ2v) is 10.2. The van der Waals surface area contributed by atoms with Gasteiger partial charge in [0.2, 0.25) is 5.91 Å². The number of carbonyl (C=O) groups excluding carboxylic acids is 2. The Balaban J connectivity index is 1.61. The second-order valence-electron chi connectivity index (χ2n) is 10.2. The Morgan fingerprint density at radius 1 is 0.761 bits per heavy atom. The Hall–Kier alpha value is -5.78. The molecule has 238 valence electrons. The standard InChI is InChI=1S/C34H35N5O7/c1-42-24-13-10-22(11-14-24)20-38(32(40)21-39-28-9-7-6-8-26(28)36-37-39)33(23-12-17-29(44-3)31(18-23)46-5)34(41)35-27-16-15-25(43-2)19-30(27)45-4/h6-19,33H,20-21H2,1-5H3,(H,35,41). The minimum atomic E-state index is -1.13. The summed E-state index contributed by atoms with van der Waals surface area (Å²) >= 11 is 0. The molecule has 46 heavy (non-hydrogen) atoms. The van der Waals surface area contributed by atoms with E-state index in [1.54, 1.807) is 62.8 Å². The highest BCUT2D eigenvalue weighted by Gasteiger charge is 2.33. The molecule has 0 saturated carbocycles. The summed E-state index contributed by atoms with van der Waals surface area (Å²) in [6, 6.07) is 23.7. The number of para-hydroxylation sites is 1. The summed E-state index contributed by atoms with van der Waals surface area (Å²) in [5.41, 5.74) is 3.01. The number of aromatic nitrogens is 3. The van der Waals surface area contributed by atoms with Crippen LogP contribution in [-0.2, 0) is 22.7 Å². The van der Waals surface area contributed by atoms with Crippen LogP contribution in [0, 0.1) is 0 Å². The molecule has 0 saturated heterocycles. The molecule has 5 aromatic rings. The number of nitrogens with zero attached hydrogens (tertiary/aromatic N) is 4. The van der Waals surface area contributed by atoms with Crippen molar-refractivity contribution in [1.82, 2.24) is 19.9 Å². The first kappa shape index (κ1) is 31.6. The van der Waals surface area contributed by atoms with E-state index in [2.05, 4.69) is 15.6 Å². The fourth-order valence-corrected chi connectivity index (χ4v) is 5.10. The number of nitrogens with one attached hydrogen (secondary N) is 1. The van der Waals surface area contributed by atoms with E-state index in [1.165, 1.54) is 30.9 Å². The molecule has 2 amide bonds. The van der Waals surface area contributed by atoms with Crippen LogP contribution in [0.3, 0.4) is 0 Å². The van der Waals surface area contributed by atoms with Gasteiger partial charge in [-0.1, -0.05) is 35.5 Å². The second kappa shape index (κ2) is 14.3. The van der Waals surface area contributed by atoms with E-state index in [4.69, 9.17) is 23.7 Å². The van der Waals surface area contributed by atoms with Crippen LogP contribution < -0.4 is 29.0 Å². The van der Waals surface area contributed by atoms with Gasteiger partial charge in [0, 0.05) is 12.6 Å². The molecule has 0 aliphatic carbocycles. The first-order valence-corrected chi connectivity index (χ1v) is 14.3. The number of rotatable bonds is 13. The Kier molecular flexibility index (Phi) is 9.86. The van der Waals surface area contributed by atoms with Crippen LogP contribution in [-0.4, -0.2) is 67.3 Å². The van der Waals surface area contributed by atoms with Crippen LogP contribution in [0.4, 0.5) is 5.69 Å². The predicted molar refractivity (Wildman–Crippen MR) is 172 cm³/mol. The molecule has 5 rings (SSSR count). The van der Waals surface area contributed by atoms with Gasteiger partial charge in [-0.3, -0.25) is 9.59 Å². The number of amides is 2. The Morgan fingerprint density at radius 3 is 2.15 bits per heavy atom. The van der Waals surface area contributed by atoms with Crippen molar-refractivity contribution in [1.29, 1.82) is 0 Å². The van der Waals surface area contributed by atoms with Crippen molar-refractivity contribution in [2.24, 2.45) is 0 Å². The molecule has 0 bridgehead atoms. The van der Waals surface area contributed by atoms with Gasteiger partial charge >= 0.3 is 0 Å². The average molecular weight is 626 g/mol.